The molecule has 2 aromatic carbocycles. The Morgan fingerprint density at radius 1 is 0.963 bits per heavy atom. The zero-order chi connectivity index (χ0) is 19.4. The lowest BCUT2D eigenvalue weighted by molar-refractivity contribution is -0.115. The maximum absolute atomic E-state index is 12.3. The van der Waals surface area contributed by atoms with Gasteiger partial charge in [-0.3, -0.25) is 4.79 Å². The van der Waals surface area contributed by atoms with Crippen LogP contribution in [-0.4, -0.2) is 33.2 Å². The lowest BCUT2D eigenvalue weighted by Crippen LogP contribution is -2.15. The number of nitrogens with one attached hydrogen (secondary N) is 1. The molecule has 0 aromatic heterocycles. The summed E-state index contributed by atoms with van der Waals surface area (Å²) in [5, 5.41) is 2.85. The molecule has 0 saturated carbocycles. The first kappa shape index (κ1) is 18.3. The van der Waals surface area contributed by atoms with Gasteiger partial charge in [0.25, 0.3) is 5.91 Å². The minimum Gasteiger partial charge on any atom is -0.493 e. The van der Waals surface area contributed by atoms with E-state index in [1.54, 1.807) is 62.8 Å². The SMILES string of the molecule is COC(=O)c1ccc(/C=C2/C=C(c3ccc(OC)c(OC)c3)NC2=O)cc1. The largest absolute Gasteiger partial charge is 0.493 e. The van der Waals surface area contributed by atoms with Crippen LogP contribution in [0.4, 0.5) is 0 Å². The average molecular weight is 365 g/mol. The van der Waals surface area contributed by atoms with Gasteiger partial charge in [-0.1, -0.05) is 12.1 Å². The Morgan fingerprint density at radius 3 is 2.30 bits per heavy atom. The average Bonchev–Trinajstić information content (AvgIpc) is 3.07. The zero-order valence-corrected chi connectivity index (χ0v) is 15.2. The smallest absolute Gasteiger partial charge is 0.337 e. The minimum atomic E-state index is -0.400. The number of hydrogen-bond acceptors (Lipinski definition) is 5. The molecular formula is C21H19NO5. The molecule has 0 spiro atoms. The van der Waals surface area contributed by atoms with Crippen molar-refractivity contribution >= 4 is 23.6 Å². The monoisotopic (exact) mass is 365 g/mol. The molecule has 1 aliphatic heterocycles. The number of hydrogen-bond donors (Lipinski definition) is 1. The molecular weight excluding hydrogens is 346 g/mol. The van der Waals surface area contributed by atoms with Gasteiger partial charge in [-0.05, 0) is 48.0 Å². The van der Waals surface area contributed by atoms with E-state index in [9.17, 15) is 9.59 Å². The number of methoxy groups -OCH3 is 3. The molecule has 3 rings (SSSR count). The Balaban J connectivity index is 1.88. The van der Waals surface area contributed by atoms with Crippen molar-refractivity contribution in [1.29, 1.82) is 0 Å². The second-order valence-electron chi connectivity index (χ2n) is 5.80. The van der Waals surface area contributed by atoms with Gasteiger partial charge in [-0.15, -0.1) is 0 Å². The molecule has 27 heavy (non-hydrogen) atoms. The summed E-state index contributed by atoms with van der Waals surface area (Å²) in [5.74, 6) is 0.605. The molecule has 0 bridgehead atoms. The van der Waals surface area contributed by atoms with Crippen molar-refractivity contribution in [3.63, 3.8) is 0 Å². The second-order valence-corrected chi connectivity index (χ2v) is 5.80. The quantitative estimate of drug-likeness (QED) is 0.651. The molecule has 0 fully saturated rings. The molecule has 0 atom stereocenters. The third kappa shape index (κ3) is 3.84. The fourth-order valence-electron chi connectivity index (χ4n) is 2.73. The molecule has 1 heterocycles. The van der Waals surface area contributed by atoms with Gasteiger partial charge in [0.1, 0.15) is 0 Å². The Labute approximate surface area is 157 Å². The lowest BCUT2D eigenvalue weighted by atomic mass is 10.1. The highest BCUT2D eigenvalue weighted by Crippen LogP contribution is 2.31. The molecule has 1 aliphatic rings. The highest BCUT2D eigenvalue weighted by Gasteiger charge is 2.20. The van der Waals surface area contributed by atoms with Crippen molar-refractivity contribution in [2.24, 2.45) is 0 Å². The van der Waals surface area contributed by atoms with Crippen LogP contribution in [0.15, 0.2) is 54.1 Å². The van der Waals surface area contributed by atoms with E-state index in [2.05, 4.69) is 10.1 Å². The van der Waals surface area contributed by atoms with Crippen LogP contribution in [0, 0.1) is 0 Å². The number of carbonyl (C=O) groups excluding carboxylic acids is 2. The maximum Gasteiger partial charge on any atom is 0.337 e. The Kier molecular flexibility index (Phi) is 5.26. The topological polar surface area (TPSA) is 73.9 Å². The van der Waals surface area contributed by atoms with Crippen molar-refractivity contribution in [2.75, 3.05) is 21.3 Å². The van der Waals surface area contributed by atoms with Crippen LogP contribution in [0.3, 0.4) is 0 Å². The van der Waals surface area contributed by atoms with Gasteiger partial charge in [0.05, 0.1) is 26.9 Å². The van der Waals surface area contributed by atoms with Crippen LogP contribution < -0.4 is 14.8 Å². The number of rotatable bonds is 5. The first-order valence-corrected chi connectivity index (χ1v) is 8.21. The molecule has 2 aromatic rings. The predicted molar refractivity (Wildman–Crippen MR) is 101 cm³/mol. The third-order valence-electron chi connectivity index (χ3n) is 4.16. The summed E-state index contributed by atoms with van der Waals surface area (Å²) in [7, 11) is 4.47. The lowest BCUT2D eigenvalue weighted by Gasteiger charge is -2.10. The zero-order valence-electron chi connectivity index (χ0n) is 15.2. The minimum absolute atomic E-state index is 0.197. The number of carbonyl (C=O) groups is 2. The number of amides is 1. The van der Waals surface area contributed by atoms with Crippen LogP contribution >= 0.6 is 0 Å². The van der Waals surface area contributed by atoms with E-state index in [1.165, 1.54) is 7.11 Å². The van der Waals surface area contributed by atoms with Crippen molar-refractivity contribution in [2.45, 2.75) is 0 Å². The molecule has 0 saturated heterocycles. The number of esters is 1. The molecule has 0 unspecified atom stereocenters. The Morgan fingerprint density at radius 2 is 1.67 bits per heavy atom. The predicted octanol–water partition coefficient (Wildman–Crippen LogP) is 3.04. The van der Waals surface area contributed by atoms with Gasteiger partial charge in [0.15, 0.2) is 11.5 Å². The van der Waals surface area contributed by atoms with Crippen LogP contribution in [-0.2, 0) is 9.53 Å². The van der Waals surface area contributed by atoms with Gasteiger partial charge in [-0.2, -0.15) is 0 Å². The molecule has 138 valence electrons. The molecule has 1 N–H and O–H groups in total. The summed E-state index contributed by atoms with van der Waals surface area (Å²) in [4.78, 5) is 23.8. The normalized spacial score (nSPS) is 14.6. The fourth-order valence-corrected chi connectivity index (χ4v) is 2.73. The first-order valence-electron chi connectivity index (χ1n) is 8.21. The van der Waals surface area contributed by atoms with Gasteiger partial charge in [0, 0.05) is 16.8 Å². The van der Waals surface area contributed by atoms with E-state index in [0.717, 1.165) is 11.1 Å². The van der Waals surface area contributed by atoms with Gasteiger partial charge in [-0.25, -0.2) is 4.79 Å². The molecule has 0 aliphatic carbocycles. The van der Waals surface area contributed by atoms with Gasteiger partial charge >= 0.3 is 5.97 Å². The van der Waals surface area contributed by atoms with E-state index < -0.39 is 5.97 Å². The van der Waals surface area contributed by atoms with E-state index >= 15 is 0 Å². The third-order valence-corrected chi connectivity index (χ3v) is 4.16. The van der Waals surface area contributed by atoms with E-state index in [-0.39, 0.29) is 5.91 Å². The first-order chi connectivity index (χ1) is 13.0. The summed E-state index contributed by atoms with van der Waals surface area (Å²) >= 11 is 0. The maximum atomic E-state index is 12.3. The highest BCUT2D eigenvalue weighted by molar-refractivity contribution is 6.10. The molecule has 1 amide bonds. The van der Waals surface area contributed by atoms with Crippen LogP contribution in [0.25, 0.3) is 11.8 Å². The van der Waals surface area contributed by atoms with E-state index in [0.29, 0.717) is 28.3 Å². The summed E-state index contributed by atoms with van der Waals surface area (Å²) < 4.78 is 15.2. The standard InChI is InChI=1S/C21H19NO5/c1-25-18-9-8-15(12-19(18)26-2)17-11-16(20(23)22-17)10-13-4-6-14(7-5-13)21(24)27-3/h4-12H,1-3H3,(H,22,23)/b16-10-. The Hall–Kier alpha value is -3.54. The summed E-state index contributed by atoms with van der Waals surface area (Å²) in [6, 6.07) is 12.3. The van der Waals surface area contributed by atoms with Crippen molar-refractivity contribution in [3.8, 4) is 11.5 Å². The van der Waals surface area contributed by atoms with Crippen LogP contribution in [0.5, 0.6) is 11.5 Å². The van der Waals surface area contributed by atoms with Crippen molar-refractivity contribution in [3.05, 3.63) is 70.8 Å². The van der Waals surface area contributed by atoms with Crippen LogP contribution in [0.2, 0.25) is 0 Å². The molecule has 0 radical (unpaired) electrons. The summed E-state index contributed by atoms with van der Waals surface area (Å²) in [5.41, 5.74) is 3.27. The van der Waals surface area contributed by atoms with E-state index in [4.69, 9.17) is 9.47 Å². The summed E-state index contributed by atoms with van der Waals surface area (Å²) in [6.45, 7) is 0. The molecule has 6 nitrogen and oxygen atoms in total. The van der Waals surface area contributed by atoms with E-state index in [1.807, 2.05) is 6.07 Å². The van der Waals surface area contributed by atoms with Crippen molar-refractivity contribution < 1.29 is 23.8 Å². The van der Waals surface area contributed by atoms with Crippen molar-refractivity contribution in [1.82, 2.24) is 5.32 Å². The number of benzene rings is 2. The second kappa shape index (κ2) is 7.78. The highest BCUT2D eigenvalue weighted by atomic mass is 16.5. The fraction of sp³-hybridized carbons (Fsp3) is 0.143. The Bertz CT molecular complexity index is 942. The van der Waals surface area contributed by atoms with Gasteiger partial charge < -0.3 is 19.5 Å². The molecule has 6 heteroatoms. The van der Waals surface area contributed by atoms with Crippen LogP contribution in [0.1, 0.15) is 21.5 Å². The van der Waals surface area contributed by atoms with Gasteiger partial charge in [0.2, 0.25) is 0 Å². The number of ether oxygens (including phenoxy) is 3. The summed E-state index contributed by atoms with van der Waals surface area (Å²) in [6.07, 6.45) is 3.53.